The fraction of sp³-hybridized carbons (Fsp3) is 0. The van der Waals surface area contributed by atoms with Gasteiger partial charge in [0.1, 0.15) is 6.08 Å². The second-order valence-electron chi connectivity index (χ2n) is 0.601. The summed E-state index contributed by atoms with van der Waals surface area (Å²) in [5, 5.41) is 0. The minimum Gasteiger partial charge on any atom is -0.412 e. The van der Waals surface area contributed by atoms with E-state index in [0.29, 0.717) is 0 Å². The molecule has 0 saturated carbocycles. The van der Waals surface area contributed by atoms with E-state index in [1.54, 1.807) is 12.5 Å². The van der Waals surface area contributed by atoms with Crippen LogP contribution in [0.15, 0.2) is 12.3 Å². The molecule has 2 N–H and O–H groups in total. The largest absolute Gasteiger partial charge is 0.412 e. The predicted octanol–water partition coefficient (Wildman–Crippen LogP) is -0.576. The zero-order valence-electron chi connectivity index (χ0n) is 2.64. The highest BCUT2D eigenvalue weighted by molar-refractivity contribution is 5.67. The molecule has 0 aromatic rings. The van der Waals surface area contributed by atoms with Gasteiger partial charge in [-0.05, 0) is 0 Å². The van der Waals surface area contributed by atoms with Gasteiger partial charge in [-0.25, -0.2) is 4.42 Å². The van der Waals surface area contributed by atoms with Crippen LogP contribution in [0.1, 0.15) is 0 Å². The molecule has 0 aromatic heterocycles. The van der Waals surface area contributed by atoms with Gasteiger partial charge < -0.3 is 5.48 Å². The first-order valence-corrected chi connectivity index (χ1v) is 1.14. The smallest absolute Gasteiger partial charge is 0.326 e. The van der Waals surface area contributed by atoms with Gasteiger partial charge in [-0.1, -0.05) is 0 Å². The van der Waals surface area contributed by atoms with Crippen LogP contribution in [0.3, 0.4) is 0 Å². The van der Waals surface area contributed by atoms with Crippen molar-refractivity contribution in [2.45, 2.75) is 0 Å². The summed E-state index contributed by atoms with van der Waals surface area (Å²) in [6.07, 6.45) is 5.08. The average Bonchev–Trinajstić information content (AvgIpc) is 0.722. The predicted molar refractivity (Wildman–Crippen MR) is 18.8 cm³/mol. The second kappa shape index (κ2) is 1.67. The molecule has 28 valence electrons. The van der Waals surface area contributed by atoms with E-state index in [1.165, 1.54) is 0 Å². The fourth-order valence-corrected chi connectivity index (χ4v) is 0.0786. The summed E-state index contributed by atoms with van der Waals surface area (Å²) in [5.74, 6) is 0. The van der Waals surface area contributed by atoms with Gasteiger partial charge in [-0.2, -0.15) is 0 Å². The molecule has 0 amide bonds. The third kappa shape index (κ3) is 0.557. The maximum Gasteiger partial charge on any atom is 0.326 e. The van der Waals surface area contributed by atoms with Gasteiger partial charge in [0.2, 0.25) is 0 Å². The molecule has 0 spiro atoms. The number of aldehydes is 1. The van der Waals surface area contributed by atoms with E-state index in [0.717, 1.165) is 0 Å². The Morgan fingerprint density at radius 3 is 1.60 bits per heavy atom. The van der Waals surface area contributed by atoms with E-state index >= 15 is 0 Å². The Bertz CT molecular complexity index is 45.3. The summed E-state index contributed by atoms with van der Waals surface area (Å²) >= 11 is 0. The van der Waals surface area contributed by atoms with Gasteiger partial charge in [0.25, 0.3) is 0 Å². The first-order valence-electron chi connectivity index (χ1n) is 1.14. The summed E-state index contributed by atoms with van der Waals surface area (Å²) < 4.78 is 4.42. The molecule has 0 bridgehead atoms. The maximum absolute atomic E-state index is 4.42. The van der Waals surface area contributed by atoms with Crippen molar-refractivity contribution in [3.05, 3.63) is 12.3 Å². The average molecular weight is 73.1 g/mol. The van der Waals surface area contributed by atoms with Crippen LogP contribution >= 0.6 is 0 Å². The Balaban J connectivity index is 0.000000160. The number of rotatable bonds is 0. The van der Waals surface area contributed by atoms with Gasteiger partial charge in [0.15, 0.2) is 0 Å². The molecule has 1 heterocycles. The highest BCUT2D eigenvalue weighted by atomic mass is 16.4. The molecule has 1 aliphatic heterocycles. The van der Waals surface area contributed by atoms with Crippen molar-refractivity contribution in [1.82, 2.24) is 0 Å². The first kappa shape index (κ1) is 4.37. The molecule has 0 radical (unpaired) electrons. The van der Waals surface area contributed by atoms with Crippen molar-refractivity contribution in [3.8, 4) is 0 Å². The standard InChI is InChI=1S/C3H3O.H2O/c1-2-4-3-1;/h1-3H;1H2/q+1;. The Labute approximate surface area is 29.7 Å². The van der Waals surface area contributed by atoms with E-state index in [1.807, 2.05) is 6.08 Å². The summed E-state index contributed by atoms with van der Waals surface area (Å²) in [7, 11) is 0. The van der Waals surface area contributed by atoms with Gasteiger partial charge in [0.05, 0.1) is 0 Å². The van der Waals surface area contributed by atoms with Crippen LogP contribution in [0.25, 0.3) is 0 Å². The van der Waals surface area contributed by atoms with Crippen LogP contribution in [0, 0.1) is 0 Å². The van der Waals surface area contributed by atoms with Crippen molar-refractivity contribution in [2.75, 3.05) is 0 Å². The lowest BCUT2D eigenvalue weighted by Gasteiger charge is -1.59. The molecule has 0 aromatic carbocycles. The van der Waals surface area contributed by atoms with Crippen molar-refractivity contribution in [3.63, 3.8) is 0 Å². The third-order valence-electron chi connectivity index (χ3n) is 0.314. The molecule has 0 saturated heterocycles. The van der Waals surface area contributed by atoms with Crippen LogP contribution in [0.2, 0.25) is 0 Å². The Morgan fingerprint density at radius 1 is 1.40 bits per heavy atom. The molecule has 2 heteroatoms. The van der Waals surface area contributed by atoms with Crippen LogP contribution in [0.4, 0.5) is 0 Å². The van der Waals surface area contributed by atoms with Crippen LogP contribution in [0.5, 0.6) is 0 Å². The monoisotopic (exact) mass is 73.0 g/mol. The van der Waals surface area contributed by atoms with E-state index in [9.17, 15) is 0 Å². The van der Waals surface area contributed by atoms with E-state index in [4.69, 9.17) is 0 Å². The molecule has 0 atom stereocenters. The normalized spacial score (nSPS) is 12.8. The van der Waals surface area contributed by atoms with E-state index in [2.05, 4.69) is 4.42 Å². The lowest BCUT2D eigenvalue weighted by Crippen LogP contribution is -1.75. The molecule has 1 rings (SSSR count). The van der Waals surface area contributed by atoms with Gasteiger partial charge in [0, 0.05) is 0 Å². The zero-order valence-corrected chi connectivity index (χ0v) is 2.64. The Kier molecular flexibility index (Phi) is 1.46. The van der Waals surface area contributed by atoms with Crippen LogP contribution in [-0.4, -0.2) is 11.8 Å². The van der Waals surface area contributed by atoms with Crippen molar-refractivity contribution >= 4 is 6.29 Å². The quantitative estimate of drug-likeness (QED) is 0.272. The Hall–Kier alpha value is -0.630. The molecular weight excluding hydrogens is 68.0 g/mol. The topological polar surface area (TPSA) is 42.8 Å². The number of carbonyl (C=O) groups excluding carboxylic acids is 1. The summed E-state index contributed by atoms with van der Waals surface area (Å²) in [5.41, 5.74) is 0. The maximum atomic E-state index is 4.42. The zero-order chi connectivity index (χ0) is 2.83. The van der Waals surface area contributed by atoms with Gasteiger partial charge in [-0.15, -0.1) is 0 Å². The highest BCUT2D eigenvalue weighted by Gasteiger charge is 1.87. The molecular formula is C3H5O2+. The lowest BCUT2D eigenvalue weighted by atomic mass is 10.7. The van der Waals surface area contributed by atoms with E-state index < -0.39 is 0 Å². The minimum atomic E-state index is 0. The molecule has 2 nitrogen and oxygen atoms in total. The van der Waals surface area contributed by atoms with Crippen molar-refractivity contribution < 1.29 is 9.90 Å². The third-order valence-corrected chi connectivity index (χ3v) is 0.314. The highest BCUT2D eigenvalue weighted by Crippen LogP contribution is 1.70. The molecule has 5 heavy (non-hydrogen) atoms. The summed E-state index contributed by atoms with van der Waals surface area (Å²) in [4.78, 5) is 0. The van der Waals surface area contributed by atoms with E-state index in [-0.39, 0.29) is 5.48 Å². The van der Waals surface area contributed by atoms with Crippen LogP contribution < -0.4 is 0 Å². The second-order valence-corrected chi connectivity index (χ2v) is 0.601. The summed E-state index contributed by atoms with van der Waals surface area (Å²) in [6.45, 7) is 0. The molecule has 0 unspecified atom stereocenters. The molecule has 0 fully saturated rings. The van der Waals surface area contributed by atoms with Crippen LogP contribution in [-0.2, 0) is 4.42 Å². The van der Waals surface area contributed by atoms with Crippen molar-refractivity contribution in [2.24, 2.45) is 0 Å². The fourth-order valence-electron chi connectivity index (χ4n) is 0.0786. The molecule has 0 aliphatic carbocycles. The number of allylic oxidation sites excluding steroid dienone is 1. The molecule has 1 aliphatic rings. The number of hydrogen-bond acceptors (Lipinski definition) is 0. The van der Waals surface area contributed by atoms with Gasteiger partial charge in [-0.3, -0.25) is 0 Å². The number of hydrogen-bond donors (Lipinski definition) is 0. The van der Waals surface area contributed by atoms with Gasteiger partial charge >= 0.3 is 12.5 Å². The summed E-state index contributed by atoms with van der Waals surface area (Å²) in [6, 6.07) is 0. The first-order chi connectivity index (χ1) is 2.00. The Morgan fingerprint density at radius 2 is 1.60 bits per heavy atom. The minimum absolute atomic E-state index is 0. The SMILES string of the molecule is C1=C[O+]=C1.O. The lowest BCUT2D eigenvalue weighted by molar-refractivity contribution is -0.377. The van der Waals surface area contributed by atoms with Crippen molar-refractivity contribution in [1.29, 1.82) is 0 Å².